The van der Waals surface area contributed by atoms with Gasteiger partial charge in [0.2, 0.25) is 5.91 Å². The second-order valence-electron chi connectivity index (χ2n) is 4.41. The zero-order valence-corrected chi connectivity index (χ0v) is 13.3. The molecule has 2 N–H and O–H groups in total. The number of nitro benzene ring substituents is 1. The number of carbonyl (C=O) groups is 2. The molecule has 0 fully saturated rings. The van der Waals surface area contributed by atoms with Crippen LogP contribution in [0, 0.1) is 10.1 Å². The summed E-state index contributed by atoms with van der Waals surface area (Å²) >= 11 is 3.05. The first kappa shape index (κ1) is 17.1. The van der Waals surface area contributed by atoms with E-state index in [1.54, 1.807) is 6.92 Å². The first-order valence-corrected chi connectivity index (χ1v) is 7.18. The van der Waals surface area contributed by atoms with Gasteiger partial charge in [-0.25, -0.2) is 0 Å². The lowest BCUT2D eigenvalue weighted by atomic mass is 10.1. The number of benzene rings is 1. The zero-order valence-electron chi connectivity index (χ0n) is 11.7. The molecular weight excluding hydrogens is 342 g/mol. The van der Waals surface area contributed by atoms with E-state index in [0.29, 0.717) is 6.54 Å². The van der Waals surface area contributed by atoms with Gasteiger partial charge in [-0.05, 0) is 41.4 Å². The van der Waals surface area contributed by atoms with Crippen LogP contribution in [0.15, 0.2) is 22.7 Å². The van der Waals surface area contributed by atoms with Gasteiger partial charge in [0.05, 0.1) is 9.40 Å². The normalized spacial score (nSPS) is 11.6. The number of carbonyl (C=O) groups excluding carboxylic acids is 2. The van der Waals surface area contributed by atoms with Gasteiger partial charge < -0.3 is 10.6 Å². The van der Waals surface area contributed by atoms with Crippen molar-refractivity contribution in [3.05, 3.63) is 38.3 Å². The van der Waals surface area contributed by atoms with Gasteiger partial charge in [-0.3, -0.25) is 19.7 Å². The van der Waals surface area contributed by atoms with E-state index < -0.39 is 16.9 Å². The van der Waals surface area contributed by atoms with Crippen LogP contribution in [0.5, 0.6) is 0 Å². The fraction of sp³-hybridized carbons (Fsp3) is 0.385. The van der Waals surface area contributed by atoms with E-state index >= 15 is 0 Å². The molecule has 21 heavy (non-hydrogen) atoms. The number of halogens is 1. The fourth-order valence-electron chi connectivity index (χ4n) is 1.54. The van der Waals surface area contributed by atoms with E-state index in [1.807, 2.05) is 6.92 Å². The van der Waals surface area contributed by atoms with E-state index in [0.717, 1.165) is 12.5 Å². The SMILES string of the molecule is CCCNC(=O)C(C)NC(=O)c1ccc(Br)c([N+](=O)[O-])c1. The van der Waals surface area contributed by atoms with Crippen molar-refractivity contribution in [2.24, 2.45) is 0 Å². The van der Waals surface area contributed by atoms with E-state index in [1.165, 1.54) is 12.1 Å². The molecule has 0 aliphatic heterocycles. The number of amides is 2. The Bertz CT molecular complexity index is 562. The summed E-state index contributed by atoms with van der Waals surface area (Å²) in [4.78, 5) is 33.9. The molecule has 1 aromatic rings. The van der Waals surface area contributed by atoms with Gasteiger partial charge in [-0.2, -0.15) is 0 Å². The summed E-state index contributed by atoms with van der Waals surface area (Å²) in [5.74, 6) is -0.832. The lowest BCUT2D eigenvalue weighted by molar-refractivity contribution is -0.385. The van der Waals surface area contributed by atoms with E-state index in [9.17, 15) is 19.7 Å². The zero-order chi connectivity index (χ0) is 16.0. The van der Waals surface area contributed by atoms with E-state index in [-0.39, 0.29) is 21.6 Å². The first-order chi connectivity index (χ1) is 9.86. The predicted molar refractivity (Wildman–Crippen MR) is 81.0 cm³/mol. The molecule has 0 heterocycles. The van der Waals surface area contributed by atoms with Crippen molar-refractivity contribution in [1.29, 1.82) is 0 Å². The molecule has 0 aliphatic rings. The number of hydrogen-bond donors (Lipinski definition) is 2. The molecule has 1 rings (SSSR count). The molecule has 7 nitrogen and oxygen atoms in total. The summed E-state index contributed by atoms with van der Waals surface area (Å²) in [6, 6.07) is 3.32. The molecule has 1 aromatic carbocycles. The van der Waals surface area contributed by atoms with Crippen molar-refractivity contribution in [3.63, 3.8) is 0 Å². The van der Waals surface area contributed by atoms with Gasteiger partial charge in [0.15, 0.2) is 0 Å². The maximum atomic E-state index is 12.0. The number of nitro groups is 1. The second-order valence-corrected chi connectivity index (χ2v) is 5.26. The van der Waals surface area contributed by atoms with Gasteiger partial charge in [-0.1, -0.05) is 6.92 Å². The van der Waals surface area contributed by atoms with Crippen LogP contribution in [0.2, 0.25) is 0 Å². The van der Waals surface area contributed by atoms with Gasteiger partial charge in [0.25, 0.3) is 11.6 Å². The largest absolute Gasteiger partial charge is 0.354 e. The lowest BCUT2D eigenvalue weighted by Crippen LogP contribution is -2.45. The van der Waals surface area contributed by atoms with Crippen LogP contribution in [0.1, 0.15) is 30.6 Å². The van der Waals surface area contributed by atoms with Crippen LogP contribution >= 0.6 is 15.9 Å². The maximum Gasteiger partial charge on any atom is 0.284 e. The maximum absolute atomic E-state index is 12.0. The van der Waals surface area contributed by atoms with Crippen molar-refractivity contribution in [2.75, 3.05) is 6.54 Å². The minimum Gasteiger partial charge on any atom is -0.354 e. The molecule has 0 aliphatic carbocycles. The minimum atomic E-state index is -0.716. The van der Waals surface area contributed by atoms with Crippen LogP contribution in [0.4, 0.5) is 5.69 Å². The minimum absolute atomic E-state index is 0.125. The Balaban J connectivity index is 2.78. The molecule has 0 spiro atoms. The van der Waals surface area contributed by atoms with Gasteiger partial charge in [0.1, 0.15) is 6.04 Å². The van der Waals surface area contributed by atoms with Crippen LogP contribution < -0.4 is 10.6 Å². The summed E-state index contributed by atoms with van der Waals surface area (Å²) in [5.41, 5.74) is -0.0780. The van der Waals surface area contributed by atoms with E-state index in [2.05, 4.69) is 26.6 Å². The van der Waals surface area contributed by atoms with Crippen molar-refractivity contribution < 1.29 is 14.5 Å². The third kappa shape index (κ3) is 4.82. The molecule has 114 valence electrons. The monoisotopic (exact) mass is 357 g/mol. The molecule has 0 bridgehead atoms. The summed E-state index contributed by atoms with van der Waals surface area (Å²) in [6.45, 7) is 4.00. The van der Waals surface area contributed by atoms with Crippen LogP contribution in [0.25, 0.3) is 0 Å². The number of nitrogens with one attached hydrogen (secondary N) is 2. The molecule has 1 unspecified atom stereocenters. The molecule has 0 saturated carbocycles. The molecule has 8 heteroatoms. The predicted octanol–water partition coefficient (Wildman–Crippen LogP) is 2.00. The Labute approximate surface area is 130 Å². The Kier molecular flexibility index (Phi) is 6.29. The van der Waals surface area contributed by atoms with Crippen LogP contribution in [-0.2, 0) is 4.79 Å². The fourth-order valence-corrected chi connectivity index (χ4v) is 1.93. The summed E-state index contributed by atoms with van der Waals surface area (Å²) in [6.07, 6.45) is 0.797. The Morgan fingerprint density at radius 1 is 1.43 bits per heavy atom. The highest BCUT2D eigenvalue weighted by molar-refractivity contribution is 9.10. The number of rotatable bonds is 6. The van der Waals surface area contributed by atoms with E-state index in [4.69, 9.17) is 0 Å². The van der Waals surface area contributed by atoms with Crippen molar-refractivity contribution in [2.45, 2.75) is 26.3 Å². The Hall–Kier alpha value is -1.96. The van der Waals surface area contributed by atoms with Gasteiger partial charge >= 0.3 is 0 Å². The molecule has 1 atom stereocenters. The van der Waals surface area contributed by atoms with Crippen molar-refractivity contribution >= 4 is 33.4 Å². The quantitative estimate of drug-likeness (QED) is 0.600. The average molecular weight is 358 g/mol. The van der Waals surface area contributed by atoms with Crippen molar-refractivity contribution in [3.8, 4) is 0 Å². The third-order valence-corrected chi connectivity index (χ3v) is 3.37. The summed E-state index contributed by atoms with van der Waals surface area (Å²) in [7, 11) is 0. The topological polar surface area (TPSA) is 101 Å². The van der Waals surface area contributed by atoms with Crippen LogP contribution in [0.3, 0.4) is 0 Å². The van der Waals surface area contributed by atoms with Crippen molar-refractivity contribution in [1.82, 2.24) is 10.6 Å². The molecule has 0 aromatic heterocycles. The third-order valence-electron chi connectivity index (χ3n) is 2.70. The number of nitrogens with zero attached hydrogens (tertiary/aromatic N) is 1. The molecule has 2 amide bonds. The second kappa shape index (κ2) is 7.72. The standard InChI is InChI=1S/C13H16BrN3O4/c1-3-6-15-12(18)8(2)16-13(19)9-4-5-10(14)11(7-9)17(20)21/h4-5,7-8H,3,6H2,1-2H3,(H,15,18)(H,16,19). The highest BCUT2D eigenvalue weighted by Crippen LogP contribution is 2.25. The average Bonchev–Trinajstić information content (AvgIpc) is 2.44. The van der Waals surface area contributed by atoms with Gasteiger partial charge in [0, 0.05) is 18.2 Å². The Morgan fingerprint density at radius 3 is 2.67 bits per heavy atom. The highest BCUT2D eigenvalue weighted by atomic mass is 79.9. The highest BCUT2D eigenvalue weighted by Gasteiger charge is 2.19. The smallest absolute Gasteiger partial charge is 0.284 e. The Morgan fingerprint density at radius 2 is 2.10 bits per heavy atom. The van der Waals surface area contributed by atoms with Crippen LogP contribution in [-0.4, -0.2) is 29.3 Å². The molecule has 0 saturated heterocycles. The molecular formula is C13H16BrN3O4. The first-order valence-electron chi connectivity index (χ1n) is 6.39. The lowest BCUT2D eigenvalue weighted by Gasteiger charge is -2.13. The summed E-state index contributed by atoms with van der Waals surface area (Å²) in [5, 5.41) is 16.0. The molecule has 0 radical (unpaired) electrons. The van der Waals surface area contributed by atoms with Gasteiger partial charge in [-0.15, -0.1) is 0 Å². The summed E-state index contributed by atoms with van der Waals surface area (Å²) < 4.78 is 0.290. The number of hydrogen-bond acceptors (Lipinski definition) is 4.